The molecule has 0 aliphatic carbocycles. The number of aliphatic hydroxyl groups excluding tert-OH is 1. The molecule has 0 bridgehead atoms. The minimum Gasteiger partial charge on any atom is -0.506 e. The number of amides is 1. The fourth-order valence-electron chi connectivity index (χ4n) is 7.58. The molecule has 0 saturated carbocycles. The molecule has 5 aromatic rings. The molecule has 0 unspecified atom stereocenters. The van der Waals surface area contributed by atoms with Gasteiger partial charge in [-0.1, -0.05) is 91.0 Å². The molecule has 2 atom stereocenters. The number of nitrogens with two attached hydrogens (primary N) is 1. The fraction of sp³-hybridized carbons (Fsp3) is 0.317. The van der Waals surface area contributed by atoms with E-state index in [-0.39, 0.29) is 23.1 Å². The molecular formula is C41H46N4O4. The highest BCUT2D eigenvalue weighted by molar-refractivity contribution is 5.91. The largest absolute Gasteiger partial charge is 0.506 e. The second-order valence-corrected chi connectivity index (χ2v) is 13.2. The number of fused-ring (bicyclic) bond motifs is 1. The number of hydrogen-bond acceptors (Lipinski definition) is 6. The summed E-state index contributed by atoms with van der Waals surface area (Å²) < 4.78 is 0. The van der Waals surface area contributed by atoms with Gasteiger partial charge in [-0.25, -0.2) is 0 Å². The molecule has 1 saturated heterocycles. The van der Waals surface area contributed by atoms with Crippen LogP contribution in [0.1, 0.15) is 53.2 Å². The van der Waals surface area contributed by atoms with Crippen LogP contribution in [0.25, 0.3) is 10.9 Å². The molecule has 0 radical (unpaired) electrons. The number of likely N-dealkylation sites (tertiary alicyclic amines) is 1. The Kier molecular flexibility index (Phi) is 10.9. The van der Waals surface area contributed by atoms with Crippen molar-refractivity contribution in [3.8, 4) is 5.75 Å². The molecule has 1 aliphatic heterocycles. The first-order chi connectivity index (χ1) is 23.9. The van der Waals surface area contributed by atoms with Crippen LogP contribution in [0, 0.1) is 5.92 Å². The number of nitrogens with zero attached hydrogens (tertiary/aromatic N) is 1. The smallest absolute Gasteiger partial charge is 0.248 e. The first kappa shape index (κ1) is 34.1. The Hall–Kier alpha value is -4.76. The number of rotatable bonds is 15. The highest BCUT2D eigenvalue weighted by atomic mass is 16.3. The number of hydrogen-bond donors (Lipinski definition) is 5. The number of carbonyl (C=O) groups excluding carboxylic acids is 1. The normalized spacial score (nSPS) is 15.8. The Morgan fingerprint density at radius 2 is 1.53 bits per heavy atom. The maximum Gasteiger partial charge on any atom is 0.248 e. The number of pyridine rings is 1. The van der Waals surface area contributed by atoms with Gasteiger partial charge in [0.1, 0.15) is 11.2 Å². The van der Waals surface area contributed by atoms with Gasteiger partial charge in [-0.15, -0.1) is 0 Å². The number of aromatic amines is 1. The molecule has 6 rings (SSSR count). The van der Waals surface area contributed by atoms with Crippen LogP contribution in [0.4, 0.5) is 0 Å². The molecule has 0 spiro atoms. The summed E-state index contributed by atoms with van der Waals surface area (Å²) in [5, 5.41) is 24.8. The predicted molar refractivity (Wildman–Crippen MR) is 195 cm³/mol. The molecule has 6 N–H and O–H groups in total. The molecule has 8 heteroatoms. The van der Waals surface area contributed by atoms with E-state index in [1.165, 1.54) is 23.3 Å². The number of aromatic hydroxyl groups is 1. The molecular weight excluding hydrogens is 612 g/mol. The van der Waals surface area contributed by atoms with Crippen molar-refractivity contribution >= 4 is 16.8 Å². The number of benzene rings is 4. The van der Waals surface area contributed by atoms with Gasteiger partial charge in [-0.2, -0.15) is 0 Å². The lowest BCUT2D eigenvalue weighted by Gasteiger charge is -2.37. The van der Waals surface area contributed by atoms with E-state index < -0.39 is 11.5 Å². The fourth-order valence-corrected chi connectivity index (χ4v) is 7.58. The van der Waals surface area contributed by atoms with Crippen molar-refractivity contribution in [2.45, 2.75) is 43.6 Å². The highest BCUT2D eigenvalue weighted by Crippen LogP contribution is 2.43. The minimum absolute atomic E-state index is 0.0175. The third-order valence-corrected chi connectivity index (χ3v) is 10.1. The summed E-state index contributed by atoms with van der Waals surface area (Å²) in [6, 6.07) is 35.1. The third-order valence-electron chi connectivity index (χ3n) is 10.1. The molecule has 1 fully saturated rings. The second kappa shape index (κ2) is 15.6. The number of primary amides is 1. The van der Waals surface area contributed by atoms with Crippen molar-refractivity contribution in [1.29, 1.82) is 0 Å². The van der Waals surface area contributed by atoms with Crippen molar-refractivity contribution in [3.05, 3.63) is 147 Å². The van der Waals surface area contributed by atoms with E-state index in [4.69, 9.17) is 5.73 Å². The van der Waals surface area contributed by atoms with Crippen LogP contribution < -0.4 is 16.6 Å². The number of H-pyrrole nitrogens is 1. The molecule has 49 heavy (non-hydrogen) atoms. The summed E-state index contributed by atoms with van der Waals surface area (Å²) >= 11 is 0. The SMILES string of the molecule is NC(=O)C(c1ccccc1)(c1ccccc1)[C@@H]1CCN(CCCCc2ccc(CCNC[C@H](O)c3ccc(O)c4[nH]c(=O)ccc34)cc2)C1. The quantitative estimate of drug-likeness (QED) is 0.0982. The van der Waals surface area contributed by atoms with E-state index in [2.05, 4.69) is 39.5 Å². The zero-order chi connectivity index (χ0) is 34.2. The van der Waals surface area contributed by atoms with Crippen molar-refractivity contribution in [2.75, 3.05) is 32.7 Å². The Morgan fingerprint density at radius 1 is 0.878 bits per heavy atom. The Labute approximate surface area is 287 Å². The zero-order valence-corrected chi connectivity index (χ0v) is 27.9. The predicted octanol–water partition coefficient (Wildman–Crippen LogP) is 5.22. The first-order valence-corrected chi connectivity index (χ1v) is 17.3. The summed E-state index contributed by atoms with van der Waals surface area (Å²) in [6.45, 7) is 3.88. The summed E-state index contributed by atoms with van der Waals surface area (Å²) in [4.78, 5) is 30.2. The average molecular weight is 659 g/mol. The number of carbonyl (C=O) groups is 1. The van der Waals surface area contributed by atoms with E-state index in [0.717, 1.165) is 62.9 Å². The number of unbranched alkanes of at least 4 members (excludes halogenated alkanes) is 1. The van der Waals surface area contributed by atoms with Crippen LogP contribution in [0.5, 0.6) is 5.75 Å². The molecule has 8 nitrogen and oxygen atoms in total. The van der Waals surface area contributed by atoms with Crippen LogP contribution >= 0.6 is 0 Å². The van der Waals surface area contributed by atoms with Gasteiger partial charge in [-0.3, -0.25) is 9.59 Å². The third kappa shape index (κ3) is 7.62. The summed E-state index contributed by atoms with van der Waals surface area (Å²) in [7, 11) is 0. The van der Waals surface area contributed by atoms with Gasteiger partial charge in [-0.05, 0) is 97.6 Å². The van der Waals surface area contributed by atoms with E-state index >= 15 is 0 Å². The standard InChI is InChI=1S/C41H46N4O4/c42-40(49)41(31-10-3-1-4-11-31,32-12-5-2-6-13-32)33-23-26-45(28-33)25-8-7-9-29-14-16-30(17-15-29)22-24-43-27-37(47)34-18-20-36(46)39-35(34)19-21-38(48)44-39/h1-6,10-21,33,37,43,46-47H,7-9,22-28H2,(H2,42,49)(H,44,48)/t33-,37+/m1/s1. The van der Waals surface area contributed by atoms with Crippen LogP contribution in [-0.4, -0.2) is 58.7 Å². The summed E-state index contributed by atoms with van der Waals surface area (Å²) in [5.41, 5.74) is 10.6. The van der Waals surface area contributed by atoms with Gasteiger partial charge in [0.2, 0.25) is 11.5 Å². The van der Waals surface area contributed by atoms with Crippen LogP contribution in [0.2, 0.25) is 0 Å². The second-order valence-electron chi connectivity index (χ2n) is 13.2. The van der Waals surface area contributed by atoms with Gasteiger partial charge in [0.25, 0.3) is 0 Å². The topological polar surface area (TPSA) is 132 Å². The molecule has 1 amide bonds. The Bertz CT molecular complexity index is 1850. The van der Waals surface area contributed by atoms with Gasteiger partial charge >= 0.3 is 0 Å². The number of phenols is 1. The molecule has 4 aromatic carbocycles. The molecule has 1 aliphatic rings. The first-order valence-electron chi connectivity index (χ1n) is 17.3. The maximum absolute atomic E-state index is 13.3. The number of aryl methyl sites for hydroxylation is 1. The van der Waals surface area contributed by atoms with Crippen molar-refractivity contribution < 1.29 is 15.0 Å². The van der Waals surface area contributed by atoms with Gasteiger partial charge in [0.05, 0.1) is 11.6 Å². The lowest BCUT2D eigenvalue weighted by atomic mass is 9.64. The lowest BCUT2D eigenvalue weighted by molar-refractivity contribution is -0.123. The minimum atomic E-state index is -0.849. The zero-order valence-electron chi connectivity index (χ0n) is 27.9. The monoisotopic (exact) mass is 658 g/mol. The average Bonchev–Trinajstić information content (AvgIpc) is 3.59. The molecule has 2 heterocycles. The van der Waals surface area contributed by atoms with Gasteiger partial charge in [0, 0.05) is 24.5 Å². The Morgan fingerprint density at radius 3 is 2.18 bits per heavy atom. The van der Waals surface area contributed by atoms with Gasteiger partial charge < -0.3 is 31.1 Å². The molecule has 1 aromatic heterocycles. The number of phenolic OH excluding ortho intramolecular Hbond substituents is 1. The van der Waals surface area contributed by atoms with E-state index in [1.807, 2.05) is 60.7 Å². The highest BCUT2D eigenvalue weighted by Gasteiger charge is 2.49. The summed E-state index contributed by atoms with van der Waals surface area (Å²) in [5.74, 6) is -0.188. The van der Waals surface area contributed by atoms with Crippen LogP contribution in [-0.2, 0) is 23.1 Å². The van der Waals surface area contributed by atoms with Crippen LogP contribution in [0.3, 0.4) is 0 Å². The Balaban J connectivity index is 0.950. The van der Waals surface area contributed by atoms with Crippen molar-refractivity contribution in [3.63, 3.8) is 0 Å². The number of aromatic nitrogens is 1. The van der Waals surface area contributed by atoms with Crippen molar-refractivity contribution in [1.82, 2.24) is 15.2 Å². The van der Waals surface area contributed by atoms with E-state index in [9.17, 15) is 19.8 Å². The maximum atomic E-state index is 13.3. The van der Waals surface area contributed by atoms with Crippen LogP contribution in [0.15, 0.2) is 114 Å². The number of nitrogens with one attached hydrogen (secondary N) is 2. The van der Waals surface area contributed by atoms with E-state index in [1.54, 1.807) is 12.1 Å². The molecule has 254 valence electrons. The van der Waals surface area contributed by atoms with E-state index in [0.29, 0.717) is 29.6 Å². The summed E-state index contributed by atoms with van der Waals surface area (Å²) in [6.07, 6.45) is 4.20. The van der Waals surface area contributed by atoms with Crippen molar-refractivity contribution in [2.24, 2.45) is 11.7 Å². The van der Waals surface area contributed by atoms with Gasteiger partial charge in [0.15, 0.2) is 0 Å². The number of aliphatic hydroxyl groups is 1. The lowest BCUT2D eigenvalue weighted by Crippen LogP contribution is -2.49.